The lowest BCUT2D eigenvalue weighted by Gasteiger charge is -2.09. The summed E-state index contributed by atoms with van der Waals surface area (Å²) >= 11 is 6.70. The number of carbonyl (C=O) groups is 1. The van der Waals surface area contributed by atoms with E-state index in [1.165, 1.54) is 6.07 Å². The first kappa shape index (κ1) is 16.0. The van der Waals surface area contributed by atoms with Crippen molar-refractivity contribution in [1.29, 1.82) is 0 Å². The Bertz CT molecular complexity index is 669. The van der Waals surface area contributed by atoms with Crippen LogP contribution in [0.15, 0.2) is 45.3 Å². The molecule has 0 fully saturated rings. The predicted octanol–water partition coefficient (Wildman–Crippen LogP) is 4.94. The van der Waals surface area contributed by atoms with Crippen molar-refractivity contribution >= 4 is 37.6 Å². The summed E-state index contributed by atoms with van der Waals surface area (Å²) in [6.45, 7) is 2.58. The molecule has 5 heteroatoms. The molecule has 0 heterocycles. The minimum atomic E-state index is -0.242. The predicted molar refractivity (Wildman–Crippen MR) is 89.2 cm³/mol. The molecule has 0 atom stereocenters. The SMILES string of the molecule is CCCOc1ccc(C(=O)c2ccc(Br)cc2Br)c(O)c1. The standard InChI is InChI=1S/C16H14Br2O3/c1-2-7-21-11-4-6-13(15(19)9-11)16(20)12-5-3-10(17)8-14(12)18/h3-6,8-9,19H,2,7H2,1H3. The van der Waals surface area contributed by atoms with Crippen molar-refractivity contribution in [3.63, 3.8) is 0 Å². The van der Waals surface area contributed by atoms with Crippen molar-refractivity contribution in [2.75, 3.05) is 6.61 Å². The van der Waals surface area contributed by atoms with E-state index in [-0.39, 0.29) is 17.1 Å². The Kier molecular flexibility index (Phi) is 5.42. The van der Waals surface area contributed by atoms with Crippen LogP contribution in [-0.2, 0) is 0 Å². The fourth-order valence-corrected chi connectivity index (χ4v) is 3.06. The first-order valence-electron chi connectivity index (χ1n) is 6.48. The molecule has 0 radical (unpaired) electrons. The lowest BCUT2D eigenvalue weighted by atomic mass is 10.0. The number of ether oxygens (including phenoxy) is 1. The van der Waals surface area contributed by atoms with Crippen LogP contribution in [0.2, 0.25) is 0 Å². The van der Waals surface area contributed by atoms with Gasteiger partial charge in [0.2, 0.25) is 0 Å². The summed E-state index contributed by atoms with van der Waals surface area (Å²) < 4.78 is 6.98. The number of halogens is 2. The zero-order chi connectivity index (χ0) is 15.4. The average molecular weight is 414 g/mol. The summed E-state index contributed by atoms with van der Waals surface area (Å²) in [5.74, 6) is 0.234. The van der Waals surface area contributed by atoms with Crippen molar-refractivity contribution < 1.29 is 14.6 Å². The maximum absolute atomic E-state index is 12.5. The maximum atomic E-state index is 12.5. The molecule has 0 aliphatic heterocycles. The van der Waals surface area contributed by atoms with Gasteiger partial charge in [-0.05, 0) is 52.7 Å². The normalized spacial score (nSPS) is 10.4. The number of carbonyl (C=O) groups excluding carboxylic acids is 1. The molecule has 0 spiro atoms. The van der Waals surface area contributed by atoms with Crippen LogP contribution in [0.1, 0.15) is 29.3 Å². The monoisotopic (exact) mass is 412 g/mol. The Balaban J connectivity index is 2.31. The van der Waals surface area contributed by atoms with Crippen LogP contribution in [0, 0.1) is 0 Å². The lowest BCUT2D eigenvalue weighted by molar-refractivity contribution is 0.103. The fraction of sp³-hybridized carbons (Fsp3) is 0.188. The van der Waals surface area contributed by atoms with Crippen LogP contribution in [0.5, 0.6) is 11.5 Å². The van der Waals surface area contributed by atoms with Gasteiger partial charge in [-0.15, -0.1) is 0 Å². The van der Waals surface area contributed by atoms with E-state index in [2.05, 4.69) is 31.9 Å². The maximum Gasteiger partial charge on any atom is 0.197 e. The number of benzene rings is 2. The summed E-state index contributed by atoms with van der Waals surface area (Å²) in [6.07, 6.45) is 0.882. The summed E-state index contributed by atoms with van der Waals surface area (Å²) in [6, 6.07) is 10.0. The molecule has 1 N–H and O–H groups in total. The molecule has 3 nitrogen and oxygen atoms in total. The molecule has 0 amide bonds. The molecule has 2 aromatic carbocycles. The second kappa shape index (κ2) is 7.09. The Morgan fingerprint density at radius 3 is 2.48 bits per heavy atom. The van der Waals surface area contributed by atoms with Gasteiger partial charge in [-0.3, -0.25) is 4.79 Å². The molecule has 0 aliphatic rings. The number of aromatic hydroxyl groups is 1. The van der Waals surface area contributed by atoms with Gasteiger partial charge >= 0.3 is 0 Å². The highest BCUT2D eigenvalue weighted by Gasteiger charge is 2.17. The van der Waals surface area contributed by atoms with Gasteiger partial charge in [-0.25, -0.2) is 0 Å². The van der Waals surface area contributed by atoms with Crippen molar-refractivity contribution in [2.45, 2.75) is 13.3 Å². The topological polar surface area (TPSA) is 46.5 Å². The summed E-state index contributed by atoms with van der Waals surface area (Å²) in [5.41, 5.74) is 0.748. The quantitative estimate of drug-likeness (QED) is 0.706. The molecular weight excluding hydrogens is 400 g/mol. The Labute approximate surface area is 140 Å². The van der Waals surface area contributed by atoms with E-state index in [1.54, 1.807) is 30.3 Å². The smallest absolute Gasteiger partial charge is 0.197 e. The van der Waals surface area contributed by atoms with Gasteiger partial charge < -0.3 is 9.84 Å². The van der Waals surface area contributed by atoms with E-state index in [0.717, 1.165) is 10.9 Å². The highest BCUT2D eigenvalue weighted by molar-refractivity contribution is 9.11. The molecule has 0 bridgehead atoms. The first-order valence-corrected chi connectivity index (χ1v) is 8.07. The van der Waals surface area contributed by atoms with Crippen molar-refractivity contribution in [1.82, 2.24) is 0 Å². The van der Waals surface area contributed by atoms with Gasteiger partial charge in [0.15, 0.2) is 5.78 Å². The molecule has 0 aromatic heterocycles. The summed E-state index contributed by atoms with van der Waals surface area (Å²) in [4.78, 5) is 12.5. The van der Waals surface area contributed by atoms with Gasteiger partial charge in [-0.1, -0.05) is 22.9 Å². The number of ketones is 1. The molecule has 110 valence electrons. The molecule has 0 unspecified atom stereocenters. The molecule has 2 aromatic rings. The molecule has 21 heavy (non-hydrogen) atoms. The van der Waals surface area contributed by atoms with Crippen molar-refractivity contribution in [2.24, 2.45) is 0 Å². The highest BCUT2D eigenvalue weighted by Crippen LogP contribution is 2.29. The third-order valence-corrected chi connectivity index (χ3v) is 4.01. The van der Waals surface area contributed by atoms with Crippen LogP contribution in [0.25, 0.3) is 0 Å². The Hall–Kier alpha value is -1.33. The van der Waals surface area contributed by atoms with Gasteiger partial charge in [0.05, 0.1) is 12.2 Å². The third kappa shape index (κ3) is 3.86. The van der Waals surface area contributed by atoms with Gasteiger partial charge in [0.25, 0.3) is 0 Å². The van der Waals surface area contributed by atoms with E-state index in [4.69, 9.17) is 4.74 Å². The largest absolute Gasteiger partial charge is 0.507 e. The van der Waals surface area contributed by atoms with Crippen LogP contribution in [0.4, 0.5) is 0 Å². The highest BCUT2D eigenvalue weighted by atomic mass is 79.9. The molecule has 2 rings (SSSR count). The van der Waals surface area contributed by atoms with Crippen LogP contribution in [0.3, 0.4) is 0 Å². The number of hydrogen-bond donors (Lipinski definition) is 1. The molecule has 0 saturated carbocycles. The molecule has 0 aliphatic carbocycles. The number of rotatable bonds is 5. The van der Waals surface area contributed by atoms with E-state index >= 15 is 0 Å². The zero-order valence-electron chi connectivity index (χ0n) is 11.4. The minimum absolute atomic E-state index is 0.0802. The first-order chi connectivity index (χ1) is 10.0. The van der Waals surface area contributed by atoms with Crippen molar-refractivity contribution in [3.8, 4) is 11.5 Å². The van der Waals surface area contributed by atoms with Crippen LogP contribution in [-0.4, -0.2) is 17.5 Å². The Morgan fingerprint density at radius 2 is 1.86 bits per heavy atom. The summed E-state index contributed by atoms with van der Waals surface area (Å²) in [7, 11) is 0. The average Bonchev–Trinajstić information content (AvgIpc) is 2.44. The molecular formula is C16H14Br2O3. The number of hydrogen-bond acceptors (Lipinski definition) is 3. The van der Waals surface area contributed by atoms with Gasteiger partial charge in [-0.2, -0.15) is 0 Å². The Morgan fingerprint density at radius 1 is 1.14 bits per heavy atom. The number of phenolic OH excluding ortho intramolecular Hbond substituents is 1. The second-order valence-corrected chi connectivity index (χ2v) is 6.25. The van der Waals surface area contributed by atoms with E-state index in [9.17, 15) is 9.90 Å². The van der Waals surface area contributed by atoms with Crippen molar-refractivity contribution in [3.05, 3.63) is 56.5 Å². The van der Waals surface area contributed by atoms with Gasteiger partial charge in [0, 0.05) is 20.6 Å². The summed E-state index contributed by atoms with van der Waals surface area (Å²) in [5, 5.41) is 10.0. The minimum Gasteiger partial charge on any atom is -0.507 e. The van der Waals surface area contributed by atoms with Crippen LogP contribution < -0.4 is 4.74 Å². The molecule has 0 saturated heterocycles. The fourth-order valence-electron chi connectivity index (χ4n) is 1.83. The zero-order valence-corrected chi connectivity index (χ0v) is 14.6. The third-order valence-electron chi connectivity index (χ3n) is 2.86. The number of phenols is 1. The van der Waals surface area contributed by atoms with E-state index in [1.807, 2.05) is 6.92 Å². The lowest BCUT2D eigenvalue weighted by Crippen LogP contribution is -2.03. The van der Waals surface area contributed by atoms with E-state index in [0.29, 0.717) is 22.4 Å². The van der Waals surface area contributed by atoms with E-state index < -0.39 is 0 Å². The second-order valence-electron chi connectivity index (χ2n) is 4.48. The van der Waals surface area contributed by atoms with Gasteiger partial charge in [0.1, 0.15) is 11.5 Å². The van der Waals surface area contributed by atoms with Crippen LogP contribution >= 0.6 is 31.9 Å².